The van der Waals surface area contributed by atoms with Gasteiger partial charge < -0.3 is 47.7 Å². The van der Waals surface area contributed by atoms with E-state index in [-0.39, 0.29) is 47.1 Å². The molecule has 1 saturated heterocycles. The molecular weight excluding hydrogens is 634 g/mol. The molecule has 19 nitrogen and oxygen atoms in total. The lowest BCUT2D eigenvalue weighted by Gasteiger charge is -2.50. The van der Waals surface area contributed by atoms with Crippen LogP contribution in [0.4, 0.5) is 16.6 Å². The summed E-state index contributed by atoms with van der Waals surface area (Å²) in [6, 6.07) is -1.18. The Hall–Kier alpha value is -4.76. The fourth-order valence-electron chi connectivity index (χ4n) is 4.25. The molecule has 9 N–H and O–H groups in total. The number of amides is 3. The fraction of sp³-hybridized carbons (Fsp3) is 0.458. The van der Waals surface area contributed by atoms with Gasteiger partial charge in [0.15, 0.2) is 23.2 Å². The number of anilines is 3. The number of carboxylic acids is 2. The van der Waals surface area contributed by atoms with Gasteiger partial charge in [0.05, 0.1) is 18.7 Å². The van der Waals surface area contributed by atoms with Gasteiger partial charge in [-0.3, -0.25) is 19.3 Å². The molecule has 45 heavy (non-hydrogen) atoms. The van der Waals surface area contributed by atoms with E-state index in [1.54, 1.807) is 17.9 Å². The van der Waals surface area contributed by atoms with Gasteiger partial charge in [-0.25, -0.2) is 4.79 Å². The van der Waals surface area contributed by atoms with E-state index in [0.717, 1.165) is 16.4 Å². The maximum atomic E-state index is 13.2. The molecule has 2 aromatic heterocycles. The molecule has 0 saturated carbocycles. The van der Waals surface area contributed by atoms with E-state index >= 15 is 0 Å². The highest BCUT2D eigenvalue weighted by molar-refractivity contribution is 8.00. The first-order valence-corrected chi connectivity index (χ1v) is 15.1. The predicted molar refractivity (Wildman–Crippen MR) is 158 cm³/mol. The summed E-state index contributed by atoms with van der Waals surface area (Å²) in [5.74, 6) is -4.86. The second kappa shape index (κ2) is 13.1. The highest BCUT2D eigenvalue weighted by Gasteiger charge is 2.53. The normalized spacial score (nSPS) is 18.3. The SMILES string of the molecule is Cn1c(N)c(NC(=O)CCCN)c[n+]1CC1=C(C(=O)[O-])N2C(=O)[C@@H](NC(=O)/C(=N\OC(C)(C)C(=O)O)c3nsc(N)n3)[C@H]2SC1. The Morgan fingerprint density at radius 1 is 1.31 bits per heavy atom. The summed E-state index contributed by atoms with van der Waals surface area (Å²) in [5, 5.41) is 29.6. The van der Waals surface area contributed by atoms with Gasteiger partial charge >= 0.3 is 5.97 Å². The van der Waals surface area contributed by atoms with Crippen LogP contribution in [-0.2, 0) is 42.4 Å². The predicted octanol–water partition coefficient (Wildman–Crippen LogP) is -3.31. The van der Waals surface area contributed by atoms with Crippen molar-refractivity contribution in [3.8, 4) is 0 Å². The summed E-state index contributed by atoms with van der Waals surface area (Å²) >= 11 is 1.94. The zero-order chi connectivity index (χ0) is 33.2. The summed E-state index contributed by atoms with van der Waals surface area (Å²) < 4.78 is 7.01. The molecule has 2 aromatic rings. The molecule has 0 bridgehead atoms. The van der Waals surface area contributed by atoms with Gasteiger partial charge in [0.2, 0.25) is 29.2 Å². The molecule has 0 radical (unpaired) electrons. The molecule has 21 heteroatoms. The number of carbonyl (C=O) groups is 5. The van der Waals surface area contributed by atoms with E-state index in [2.05, 4.69) is 25.1 Å². The van der Waals surface area contributed by atoms with E-state index in [1.165, 1.54) is 30.3 Å². The van der Waals surface area contributed by atoms with Crippen molar-refractivity contribution < 1.29 is 43.7 Å². The zero-order valence-electron chi connectivity index (χ0n) is 24.3. The smallest absolute Gasteiger partial charge is 0.350 e. The molecule has 4 rings (SSSR count). The van der Waals surface area contributed by atoms with Crippen LogP contribution in [0.15, 0.2) is 22.6 Å². The maximum Gasteiger partial charge on any atom is 0.350 e. The van der Waals surface area contributed by atoms with E-state index in [1.807, 2.05) is 0 Å². The minimum absolute atomic E-state index is 0.00632. The van der Waals surface area contributed by atoms with E-state index in [4.69, 9.17) is 22.0 Å². The van der Waals surface area contributed by atoms with Gasteiger partial charge in [0.1, 0.15) is 11.4 Å². The molecule has 1 fully saturated rings. The lowest BCUT2D eigenvalue weighted by molar-refractivity contribution is -0.765. The molecular formula is C24H31N11O8S2. The number of nitrogens with zero attached hydrogens (tertiary/aromatic N) is 6. The van der Waals surface area contributed by atoms with Crippen molar-refractivity contribution in [3.05, 3.63) is 23.3 Å². The molecule has 0 aromatic carbocycles. The molecule has 2 aliphatic rings. The van der Waals surface area contributed by atoms with Crippen molar-refractivity contribution >= 4 is 75.3 Å². The number of aliphatic carboxylic acids is 2. The minimum atomic E-state index is -1.82. The lowest BCUT2D eigenvalue weighted by Crippen LogP contribution is -2.71. The van der Waals surface area contributed by atoms with Crippen LogP contribution in [0.3, 0.4) is 0 Å². The van der Waals surface area contributed by atoms with Crippen LogP contribution >= 0.6 is 23.3 Å². The Morgan fingerprint density at radius 2 is 2.02 bits per heavy atom. The van der Waals surface area contributed by atoms with E-state index in [0.29, 0.717) is 24.2 Å². The first-order chi connectivity index (χ1) is 21.2. The first-order valence-electron chi connectivity index (χ1n) is 13.3. The van der Waals surface area contributed by atoms with Crippen molar-refractivity contribution in [1.82, 2.24) is 24.3 Å². The fourth-order valence-corrected chi connectivity index (χ4v) is 6.02. The van der Waals surface area contributed by atoms with Crippen molar-refractivity contribution in [3.63, 3.8) is 0 Å². The Labute approximate surface area is 263 Å². The van der Waals surface area contributed by atoms with Gasteiger partial charge in [-0.2, -0.15) is 9.36 Å². The van der Waals surface area contributed by atoms with Crippen LogP contribution < -0.4 is 37.6 Å². The standard InChI is InChI=1S/C24H31N11O8S2/c1-24(2,22(41)42)43-31-13(17-30-23(27)45-32-17)18(37)29-14-19(38)35-15(21(39)40)10(9-44-20(14)35)7-34-8-11(16(26)33(34)3)28-12(36)5-4-6-25/h8,14,20,26H,4-7,9,25H2,1-3H3,(H6,27,28,29,30,32,36,37,39,40,41,42)/b31-13-/t14-,20-/m1/s1. The first kappa shape index (κ1) is 33.1. The number of carbonyl (C=O) groups excluding carboxylic acids is 4. The summed E-state index contributed by atoms with van der Waals surface area (Å²) in [6.45, 7) is 2.75. The number of rotatable bonds is 13. The van der Waals surface area contributed by atoms with Crippen molar-refractivity contribution in [2.24, 2.45) is 17.9 Å². The Bertz CT molecular complexity index is 1620. The summed E-state index contributed by atoms with van der Waals surface area (Å²) in [6.07, 6.45) is 2.24. The quantitative estimate of drug-likeness (QED) is 0.0529. The third-order valence-electron chi connectivity index (χ3n) is 6.80. The number of nitrogen functional groups attached to an aromatic ring is 2. The average Bonchev–Trinajstić information content (AvgIpc) is 3.52. The van der Waals surface area contributed by atoms with Crippen LogP contribution in [0.1, 0.15) is 32.5 Å². The van der Waals surface area contributed by atoms with Crippen molar-refractivity contribution in [2.75, 3.05) is 29.1 Å². The van der Waals surface area contributed by atoms with Crippen molar-refractivity contribution in [2.45, 2.75) is 50.3 Å². The van der Waals surface area contributed by atoms with Crippen LogP contribution in [-0.4, -0.2) is 88.7 Å². The largest absolute Gasteiger partial charge is 0.543 e. The monoisotopic (exact) mass is 665 g/mol. The number of nitrogens with one attached hydrogen (secondary N) is 2. The molecule has 2 aliphatic heterocycles. The molecule has 3 amide bonds. The molecule has 0 aliphatic carbocycles. The number of β-lactam (4-membered cyclic amide) rings is 1. The maximum absolute atomic E-state index is 13.2. The molecule has 242 valence electrons. The highest BCUT2D eigenvalue weighted by Crippen LogP contribution is 2.40. The van der Waals surface area contributed by atoms with Crippen LogP contribution in [0.25, 0.3) is 0 Å². The van der Waals surface area contributed by atoms with Gasteiger partial charge in [-0.1, -0.05) is 5.16 Å². The average molecular weight is 666 g/mol. The number of oxime groups is 1. The minimum Gasteiger partial charge on any atom is -0.543 e. The third-order valence-corrected chi connectivity index (χ3v) is 8.68. The second-order valence-electron chi connectivity index (χ2n) is 10.4. The number of thioether (sulfide) groups is 1. The number of hydrogen-bond acceptors (Lipinski definition) is 15. The van der Waals surface area contributed by atoms with E-state index < -0.39 is 46.5 Å². The molecule has 4 heterocycles. The Balaban J connectivity index is 1.54. The number of nitrogens with two attached hydrogens (primary N) is 3. The molecule has 0 spiro atoms. The summed E-state index contributed by atoms with van der Waals surface area (Å²) in [5.41, 5.74) is 15.2. The number of aromatic nitrogens is 4. The van der Waals surface area contributed by atoms with Crippen molar-refractivity contribution in [1.29, 1.82) is 0 Å². The second-order valence-corrected chi connectivity index (χ2v) is 12.3. The third kappa shape index (κ3) is 6.83. The summed E-state index contributed by atoms with van der Waals surface area (Å²) in [4.78, 5) is 72.3. The molecule has 2 atom stereocenters. The Morgan fingerprint density at radius 3 is 2.62 bits per heavy atom. The van der Waals surface area contributed by atoms with Gasteiger partial charge in [0.25, 0.3) is 11.8 Å². The topological polar surface area (TPSA) is 290 Å². The number of hydrogen-bond donors (Lipinski definition) is 6. The van der Waals surface area contributed by atoms with Gasteiger partial charge in [-0.05, 0) is 26.8 Å². The van der Waals surface area contributed by atoms with Gasteiger partial charge in [0, 0.05) is 29.3 Å². The molecule has 0 unspecified atom stereocenters. The van der Waals surface area contributed by atoms with Crippen LogP contribution in [0.5, 0.6) is 0 Å². The zero-order valence-corrected chi connectivity index (χ0v) is 25.9. The van der Waals surface area contributed by atoms with E-state index in [9.17, 15) is 34.2 Å². The van der Waals surface area contributed by atoms with Crippen LogP contribution in [0.2, 0.25) is 0 Å². The highest BCUT2D eigenvalue weighted by atomic mass is 32.2. The lowest BCUT2D eigenvalue weighted by atomic mass is 10.0. The van der Waals surface area contributed by atoms with Gasteiger partial charge in [-0.15, -0.1) is 21.1 Å². The number of fused-ring (bicyclic) bond motifs is 1. The Kier molecular flexibility index (Phi) is 9.63. The number of carboxylic acid groups (broad SMARTS) is 2. The van der Waals surface area contributed by atoms with Crippen LogP contribution in [0, 0.1) is 0 Å². The summed E-state index contributed by atoms with van der Waals surface area (Å²) in [7, 11) is 1.62.